The second kappa shape index (κ2) is 5.52. The van der Waals surface area contributed by atoms with Crippen LogP contribution >= 0.6 is 34.5 Å². The number of benzene rings is 1. The minimum absolute atomic E-state index is 0.0693. The van der Waals surface area contributed by atoms with Gasteiger partial charge in [0.05, 0.1) is 9.90 Å². The molecule has 1 nitrogen and oxygen atoms in total. The van der Waals surface area contributed by atoms with Crippen LogP contribution in [-0.2, 0) is 6.18 Å². The molecule has 0 aliphatic carbocycles. The highest BCUT2D eigenvalue weighted by molar-refractivity contribution is 7.20. The molecule has 0 saturated carbocycles. The van der Waals surface area contributed by atoms with E-state index in [1.807, 2.05) is 0 Å². The van der Waals surface area contributed by atoms with Crippen molar-refractivity contribution in [3.05, 3.63) is 55.4 Å². The quantitative estimate of drug-likeness (QED) is 0.733. The Morgan fingerprint density at radius 3 is 2.25 bits per heavy atom. The fourth-order valence-corrected chi connectivity index (χ4v) is 3.16. The lowest BCUT2D eigenvalue weighted by molar-refractivity contribution is -0.137. The second-order valence-corrected chi connectivity index (χ2v) is 6.20. The maximum atomic E-state index is 13.6. The second-order valence-electron chi connectivity index (χ2n) is 3.92. The Bertz CT molecular complexity index is 639. The number of alkyl halides is 3. The minimum Gasteiger partial charge on any atom is -0.383 e. The van der Waals surface area contributed by atoms with E-state index in [-0.39, 0.29) is 14.2 Å². The Balaban J connectivity index is 2.49. The first-order valence-corrected chi connectivity index (χ1v) is 6.77. The van der Waals surface area contributed by atoms with Crippen LogP contribution in [0.2, 0.25) is 8.67 Å². The van der Waals surface area contributed by atoms with Crippen molar-refractivity contribution >= 4 is 34.5 Å². The average molecular weight is 345 g/mol. The van der Waals surface area contributed by atoms with Gasteiger partial charge in [-0.25, -0.2) is 4.39 Å². The molecule has 2 rings (SSSR count). The third-order valence-electron chi connectivity index (χ3n) is 2.60. The molecule has 2 aromatic rings. The van der Waals surface area contributed by atoms with Crippen LogP contribution in [-0.4, -0.2) is 5.11 Å². The molecule has 1 unspecified atom stereocenters. The molecule has 8 heteroatoms. The fourth-order valence-electron chi connectivity index (χ4n) is 1.64. The zero-order valence-electron chi connectivity index (χ0n) is 9.51. The van der Waals surface area contributed by atoms with Gasteiger partial charge in [0.15, 0.2) is 0 Å². The Kier molecular flexibility index (Phi) is 4.30. The largest absolute Gasteiger partial charge is 0.416 e. The summed E-state index contributed by atoms with van der Waals surface area (Å²) in [6.07, 6.45) is -6.24. The number of aliphatic hydroxyl groups is 1. The predicted octanol–water partition coefficient (Wildman–Crippen LogP) is 5.29. The van der Waals surface area contributed by atoms with Crippen molar-refractivity contribution in [2.75, 3.05) is 0 Å². The SMILES string of the molecule is OC(c1cc(C(F)(F)F)ccc1F)c1cc(Cl)sc1Cl. The Labute approximate surface area is 125 Å². The van der Waals surface area contributed by atoms with Crippen LogP contribution < -0.4 is 0 Å². The summed E-state index contributed by atoms with van der Waals surface area (Å²) in [6.45, 7) is 0. The van der Waals surface area contributed by atoms with Gasteiger partial charge < -0.3 is 5.11 Å². The zero-order chi connectivity index (χ0) is 15.1. The van der Waals surface area contributed by atoms with Crippen LogP contribution in [0, 0.1) is 5.82 Å². The number of hydrogen-bond acceptors (Lipinski definition) is 2. The first kappa shape index (κ1) is 15.6. The molecule has 1 N–H and O–H groups in total. The first-order chi connectivity index (χ1) is 9.20. The lowest BCUT2D eigenvalue weighted by atomic mass is 10.0. The molecule has 0 fully saturated rings. The Morgan fingerprint density at radius 2 is 1.75 bits per heavy atom. The highest BCUT2D eigenvalue weighted by Gasteiger charge is 2.32. The van der Waals surface area contributed by atoms with Gasteiger partial charge in [-0.1, -0.05) is 23.2 Å². The van der Waals surface area contributed by atoms with E-state index in [2.05, 4.69) is 0 Å². The molecule has 1 aromatic heterocycles. The predicted molar refractivity (Wildman–Crippen MR) is 69.8 cm³/mol. The molecule has 0 aliphatic rings. The van der Waals surface area contributed by atoms with Gasteiger partial charge in [0.1, 0.15) is 16.3 Å². The Hall–Kier alpha value is -0.820. The van der Waals surface area contributed by atoms with Gasteiger partial charge in [-0.2, -0.15) is 13.2 Å². The van der Waals surface area contributed by atoms with Crippen LogP contribution in [0.5, 0.6) is 0 Å². The van der Waals surface area contributed by atoms with Crippen molar-refractivity contribution in [3.63, 3.8) is 0 Å². The molecule has 0 amide bonds. The van der Waals surface area contributed by atoms with Crippen molar-refractivity contribution in [3.8, 4) is 0 Å². The van der Waals surface area contributed by atoms with E-state index in [9.17, 15) is 22.7 Å². The normalized spacial score (nSPS) is 13.6. The summed E-state index contributed by atoms with van der Waals surface area (Å²) in [5, 5.41) is 10.0. The van der Waals surface area contributed by atoms with E-state index in [0.717, 1.165) is 11.3 Å². The van der Waals surface area contributed by atoms with Crippen LogP contribution in [0.1, 0.15) is 22.8 Å². The summed E-state index contributed by atoms with van der Waals surface area (Å²) in [6, 6.07) is 3.11. The van der Waals surface area contributed by atoms with Gasteiger partial charge in [0.25, 0.3) is 0 Å². The molecule has 0 saturated heterocycles. The van der Waals surface area contributed by atoms with Gasteiger partial charge in [-0.15, -0.1) is 11.3 Å². The van der Waals surface area contributed by atoms with Crippen molar-refractivity contribution in [2.24, 2.45) is 0 Å². The summed E-state index contributed by atoms with van der Waals surface area (Å²) < 4.78 is 51.8. The molecule has 1 aromatic carbocycles. The summed E-state index contributed by atoms with van der Waals surface area (Å²) in [7, 11) is 0. The summed E-state index contributed by atoms with van der Waals surface area (Å²) in [4.78, 5) is 0. The molecule has 0 radical (unpaired) electrons. The molecule has 0 aliphatic heterocycles. The van der Waals surface area contributed by atoms with Crippen molar-refractivity contribution in [2.45, 2.75) is 12.3 Å². The molecule has 108 valence electrons. The molecular formula is C12H6Cl2F4OS. The highest BCUT2D eigenvalue weighted by atomic mass is 35.5. The van der Waals surface area contributed by atoms with E-state index in [1.165, 1.54) is 6.07 Å². The van der Waals surface area contributed by atoms with Gasteiger partial charge in [0, 0.05) is 11.1 Å². The molecule has 0 spiro atoms. The van der Waals surface area contributed by atoms with Crippen molar-refractivity contribution < 1.29 is 22.7 Å². The lowest BCUT2D eigenvalue weighted by Gasteiger charge is -2.14. The number of aliphatic hydroxyl groups excluding tert-OH is 1. The summed E-state index contributed by atoms with van der Waals surface area (Å²) >= 11 is 12.4. The van der Waals surface area contributed by atoms with Crippen LogP contribution in [0.25, 0.3) is 0 Å². The van der Waals surface area contributed by atoms with Gasteiger partial charge >= 0.3 is 6.18 Å². The number of rotatable bonds is 2. The van der Waals surface area contributed by atoms with Gasteiger partial charge in [-0.05, 0) is 24.3 Å². The van der Waals surface area contributed by atoms with Gasteiger partial charge in [-0.3, -0.25) is 0 Å². The van der Waals surface area contributed by atoms with Gasteiger partial charge in [0.2, 0.25) is 0 Å². The maximum Gasteiger partial charge on any atom is 0.416 e. The van der Waals surface area contributed by atoms with E-state index in [0.29, 0.717) is 18.2 Å². The first-order valence-electron chi connectivity index (χ1n) is 5.19. The third kappa shape index (κ3) is 3.09. The van der Waals surface area contributed by atoms with E-state index < -0.39 is 29.2 Å². The standard InChI is InChI=1S/C12H6Cl2F4OS/c13-9-4-7(11(14)20-9)10(19)6-3-5(12(16,17)18)1-2-8(6)15/h1-4,10,19H. The van der Waals surface area contributed by atoms with Crippen molar-refractivity contribution in [1.29, 1.82) is 0 Å². The average Bonchev–Trinajstić information content (AvgIpc) is 2.66. The smallest absolute Gasteiger partial charge is 0.383 e. The van der Waals surface area contributed by atoms with Crippen LogP contribution in [0.3, 0.4) is 0 Å². The highest BCUT2D eigenvalue weighted by Crippen LogP contribution is 2.39. The number of thiophene rings is 1. The molecule has 0 bridgehead atoms. The fraction of sp³-hybridized carbons (Fsp3) is 0.167. The van der Waals surface area contributed by atoms with E-state index >= 15 is 0 Å². The molecule has 1 atom stereocenters. The maximum absolute atomic E-state index is 13.6. The minimum atomic E-state index is -4.63. The molecular weight excluding hydrogens is 339 g/mol. The van der Waals surface area contributed by atoms with Crippen LogP contribution in [0.15, 0.2) is 24.3 Å². The third-order valence-corrected chi connectivity index (χ3v) is 4.11. The van der Waals surface area contributed by atoms with E-state index in [4.69, 9.17) is 23.2 Å². The zero-order valence-corrected chi connectivity index (χ0v) is 11.8. The van der Waals surface area contributed by atoms with E-state index in [1.54, 1.807) is 0 Å². The van der Waals surface area contributed by atoms with Crippen molar-refractivity contribution in [1.82, 2.24) is 0 Å². The summed E-state index contributed by atoms with van der Waals surface area (Å²) in [5.41, 5.74) is -1.48. The monoisotopic (exact) mass is 344 g/mol. The molecule has 20 heavy (non-hydrogen) atoms. The Morgan fingerprint density at radius 1 is 1.10 bits per heavy atom. The molecule has 1 heterocycles. The summed E-state index contributed by atoms with van der Waals surface area (Å²) in [5.74, 6) is -0.955. The number of hydrogen-bond donors (Lipinski definition) is 1. The lowest BCUT2D eigenvalue weighted by Crippen LogP contribution is -2.09. The van der Waals surface area contributed by atoms with Crippen LogP contribution in [0.4, 0.5) is 17.6 Å². The topological polar surface area (TPSA) is 20.2 Å². The number of halogens is 6.